The second-order valence-corrected chi connectivity index (χ2v) is 5.76. The maximum atomic E-state index is 12.3. The topological polar surface area (TPSA) is 62.1 Å². The van der Waals surface area contributed by atoms with Crippen LogP contribution in [0.3, 0.4) is 0 Å². The molecule has 1 aliphatic carbocycles. The van der Waals surface area contributed by atoms with Crippen LogP contribution >= 0.6 is 0 Å². The first kappa shape index (κ1) is 11.1. The molecular formula is C15H17N3O. The summed E-state index contributed by atoms with van der Waals surface area (Å²) in [5, 5.41) is 1.23. The van der Waals surface area contributed by atoms with Crippen LogP contribution in [-0.4, -0.2) is 27.9 Å². The number of nitrogens with two attached hydrogens (primary N) is 1. The van der Waals surface area contributed by atoms with Crippen molar-refractivity contribution in [3.63, 3.8) is 0 Å². The molecule has 4 nitrogen and oxygen atoms in total. The number of aromatic amines is 1. The van der Waals surface area contributed by atoms with Crippen LogP contribution < -0.4 is 5.73 Å². The second kappa shape index (κ2) is 3.61. The molecule has 4 heteroatoms. The molecule has 2 aromatic rings. The molecule has 3 N–H and O–H groups in total. The van der Waals surface area contributed by atoms with E-state index in [0.29, 0.717) is 6.54 Å². The predicted octanol–water partition coefficient (Wildman–Crippen LogP) is 1.54. The molecule has 1 aliphatic heterocycles. The van der Waals surface area contributed by atoms with Crippen molar-refractivity contribution in [1.29, 1.82) is 0 Å². The SMILES string of the molecule is NC1(C(=O)N2CCc3[nH]c4ccccc4c3C2)CC1. The van der Waals surface area contributed by atoms with Gasteiger partial charge in [0.1, 0.15) is 0 Å². The maximum absolute atomic E-state index is 12.3. The number of H-pyrrole nitrogens is 1. The highest BCUT2D eigenvalue weighted by molar-refractivity contribution is 5.90. The first-order chi connectivity index (χ1) is 9.17. The van der Waals surface area contributed by atoms with Gasteiger partial charge in [-0.25, -0.2) is 0 Å². The van der Waals surface area contributed by atoms with Gasteiger partial charge in [-0.3, -0.25) is 4.79 Å². The molecule has 1 fully saturated rings. The van der Waals surface area contributed by atoms with Gasteiger partial charge in [-0.05, 0) is 18.9 Å². The summed E-state index contributed by atoms with van der Waals surface area (Å²) < 4.78 is 0. The Balaban J connectivity index is 1.71. The molecule has 19 heavy (non-hydrogen) atoms. The number of carbonyl (C=O) groups is 1. The standard InChI is InChI=1S/C15H17N3O/c16-15(6-7-15)14(19)18-8-5-13-11(9-18)10-3-1-2-4-12(10)17-13/h1-4,17H,5-9,16H2. The molecule has 0 atom stereocenters. The van der Waals surface area contributed by atoms with Crippen LogP contribution in [0.25, 0.3) is 10.9 Å². The third-order valence-electron chi connectivity index (χ3n) is 4.38. The Morgan fingerprint density at radius 1 is 1.32 bits per heavy atom. The molecule has 1 aromatic heterocycles. The molecule has 0 unspecified atom stereocenters. The summed E-state index contributed by atoms with van der Waals surface area (Å²) in [5.74, 6) is 0.128. The molecule has 1 amide bonds. The van der Waals surface area contributed by atoms with E-state index in [2.05, 4.69) is 17.1 Å². The van der Waals surface area contributed by atoms with Crippen molar-refractivity contribution in [1.82, 2.24) is 9.88 Å². The number of nitrogens with one attached hydrogen (secondary N) is 1. The third-order valence-corrected chi connectivity index (χ3v) is 4.38. The highest BCUT2D eigenvalue weighted by Crippen LogP contribution is 2.36. The Hall–Kier alpha value is -1.81. The first-order valence-electron chi connectivity index (χ1n) is 6.84. The fraction of sp³-hybridized carbons (Fsp3) is 0.400. The zero-order valence-corrected chi connectivity index (χ0v) is 10.8. The average Bonchev–Trinajstić information content (AvgIpc) is 3.08. The van der Waals surface area contributed by atoms with Crippen LogP contribution in [0, 0.1) is 0 Å². The summed E-state index contributed by atoms with van der Waals surface area (Å²) in [4.78, 5) is 17.7. The molecule has 1 saturated carbocycles. The number of carbonyl (C=O) groups excluding carboxylic acids is 1. The van der Waals surface area contributed by atoms with Crippen molar-refractivity contribution in [2.75, 3.05) is 6.54 Å². The number of fused-ring (bicyclic) bond motifs is 3. The Bertz CT molecular complexity index is 669. The highest BCUT2D eigenvalue weighted by atomic mass is 16.2. The lowest BCUT2D eigenvalue weighted by Crippen LogP contribution is -2.47. The molecule has 0 bridgehead atoms. The number of aromatic nitrogens is 1. The van der Waals surface area contributed by atoms with Gasteiger partial charge < -0.3 is 15.6 Å². The number of rotatable bonds is 1. The van der Waals surface area contributed by atoms with E-state index in [1.165, 1.54) is 16.6 Å². The van der Waals surface area contributed by atoms with Crippen LogP contribution in [0.2, 0.25) is 0 Å². The van der Waals surface area contributed by atoms with Crippen molar-refractivity contribution >= 4 is 16.8 Å². The van der Waals surface area contributed by atoms with Gasteiger partial charge in [0.2, 0.25) is 5.91 Å². The van der Waals surface area contributed by atoms with Gasteiger partial charge in [0.25, 0.3) is 0 Å². The molecule has 1 aromatic carbocycles. The number of para-hydroxylation sites is 1. The minimum Gasteiger partial charge on any atom is -0.358 e. The summed E-state index contributed by atoms with van der Waals surface area (Å²) in [5.41, 5.74) is 9.17. The van der Waals surface area contributed by atoms with E-state index in [4.69, 9.17) is 5.73 Å². The smallest absolute Gasteiger partial charge is 0.242 e. The zero-order chi connectivity index (χ0) is 13.0. The lowest BCUT2D eigenvalue weighted by Gasteiger charge is -2.29. The Kier molecular flexibility index (Phi) is 2.10. The highest BCUT2D eigenvalue weighted by Gasteiger charge is 2.48. The summed E-state index contributed by atoms with van der Waals surface area (Å²) in [7, 11) is 0. The van der Waals surface area contributed by atoms with Crippen LogP contribution in [0.15, 0.2) is 24.3 Å². The summed E-state index contributed by atoms with van der Waals surface area (Å²) in [6, 6.07) is 8.29. The molecule has 2 heterocycles. The lowest BCUT2D eigenvalue weighted by atomic mass is 10.0. The lowest BCUT2D eigenvalue weighted by molar-refractivity contribution is -0.134. The van der Waals surface area contributed by atoms with Crippen LogP contribution in [0.5, 0.6) is 0 Å². The monoisotopic (exact) mass is 255 g/mol. The van der Waals surface area contributed by atoms with E-state index in [1.54, 1.807) is 0 Å². The third kappa shape index (κ3) is 1.60. The van der Waals surface area contributed by atoms with E-state index >= 15 is 0 Å². The molecule has 0 radical (unpaired) electrons. The predicted molar refractivity (Wildman–Crippen MR) is 73.6 cm³/mol. The molecule has 98 valence electrons. The van der Waals surface area contributed by atoms with Crippen molar-refractivity contribution in [2.45, 2.75) is 31.3 Å². The quantitative estimate of drug-likeness (QED) is 0.812. The fourth-order valence-electron chi connectivity index (χ4n) is 3.00. The number of hydrogen-bond acceptors (Lipinski definition) is 2. The van der Waals surface area contributed by atoms with Gasteiger partial charge >= 0.3 is 0 Å². The van der Waals surface area contributed by atoms with Gasteiger partial charge in [0.15, 0.2) is 0 Å². The molecular weight excluding hydrogens is 238 g/mol. The van der Waals surface area contributed by atoms with Gasteiger partial charge in [-0.15, -0.1) is 0 Å². The van der Waals surface area contributed by atoms with Crippen molar-refractivity contribution in [3.8, 4) is 0 Å². The Morgan fingerprint density at radius 3 is 2.89 bits per heavy atom. The minimum atomic E-state index is -0.552. The molecule has 2 aliphatic rings. The maximum Gasteiger partial charge on any atom is 0.242 e. The van der Waals surface area contributed by atoms with Gasteiger partial charge in [0.05, 0.1) is 5.54 Å². The number of nitrogens with zero attached hydrogens (tertiary/aromatic N) is 1. The summed E-state index contributed by atoms with van der Waals surface area (Å²) in [6.45, 7) is 1.47. The van der Waals surface area contributed by atoms with Gasteiger partial charge in [0, 0.05) is 41.7 Å². The number of amides is 1. The zero-order valence-electron chi connectivity index (χ0n) is 10.8. The number of benzene rings is 1. The van der Waals surface area contributed by atoms with Crippen molar-refractivity contribution in [3.05, 3.63) is 35.5 Å². The van der Waals surface area contributed by atoms with E-state index in [-0.39, 0.29) is 5.91 Å². The van der Waals surface area contributed by atoms with Crippen LogP contribution in [0.4, 0.5) is 0 Å². The number of hydrogen-bond donors (Lipinski definition) is 2. The Morgan fingerprint density at radius 2 is 2.11 bits per heavy atom. The van der Waals surface area contributed by atoms with E-state index in [9.17, 15) is 4.79 Å². The normalized spacial score (nSPS) is 20.4. The van der Waals surface area contributed by atoms with E-state index in [1.807, 2.05) is 17.0 Å². The summed E-state index contributed by atoms with van der Waals surface area (Å²) >= 11 is 0. The Labute approximate surface area is 111 Å². The van der Waals surface area contributed by atoms with Gasteiger partial charge in [-0.2, -0.15) is 0 Å². The van der Waals surface area contributed by atoms with E-state index in [0.717, 1.165) is 31.3 Å². The van der Waals surface area contributed by atoms with E-state index < -0.39 is 5.54 Å². The van der Waals surface area contributed by atoms with Crippen LogP contribution in [0.1, 0.15) is 24.1 Å². The van der Waals surface area contributed by atoms with Crippen molar-refractivity contribution < 1.29 is 4.79 Å². The van der Waals surface area contributed by atoms with Crippen molar-refractivity contribution in [2.24, 2.45) is 5.73 Å². The van der Waals surface area contributed by atoms with Crippen LogP contribution in [-0.2, 0) is 17.8 Å². The largest absolute Gasteiger partial charge is 0.358 e. The molecule has 0 spiro atoms. The minimum absolute atomic E-state index is 0.128. The van der Waals surface area contributed by atoms with Gasteiger partial charge in [-0.1, -0.05) is 18.2 Å². The fourth-order valence-corrected chi connectivity index (χ4v) is 3.00. The average molecular weight is 255 g/mol. The summed E-state index contributed by atoms with van der Waals surface area (Å²) in [6.07, 6.45) is 2.57. The molecule has 0 saturated heterocycles. The second-order valence-electron chi connectivity index (χ2n) is 5.76. The first-order valence-corrected chi connectivity index (χ1v) is 6.84. The molecule has 4 rings (SSSR count).